The number of amides is 2. The molecule has 0 saturated carbocycles. The molecule has 3 aromatic carbocycles. The monoisotopic (exact) mass is 494 g/mol. The maximum absolute atomic E-state index is 13.2. The van der Waals surface area contributed by atoms with Crippen molar-refractivity contribution >= 4 is 34.9 Å². The van der Waals surface area contributed by atoms with E-state index in [1.54, 1.807) is 23.1 Å². The van der Waals surface area contributed by atoms with Gasteiger partial charge in [-0.1, -0.05) is 59.6 Å². The number of para-hydroxylation sites is 1. The van der Waals surface area contributed by atoms with Crippen LogP contribution in [-0.4, -0.2) is 17.5 Å². The first-order chi connectivity index (χ1) is 15.5. The molecule has 0 spiro atoms. The number of nitrogens with zero attached hydrogens (tertiary/aromatic N) is 1. The zero-order valence-corrected chi connectivity index (χ0v) is 19.7. The summed E-state index contributed by atoms with van der Waals surface area (Å²) in [6.07, 6.45) is -3.96. The maximum atomic E-state index is 13.2. The fraction of sp³-hybridized carbons (Fsp3) is 0.240. The summed E-state index contributed by atoms with van der Waals surface area (Å²) in [6, 6.07) is 15.3. The SMILES string of the molecule is Cc1cccc(C)c1NC(=O)N(CCc1ccc(Cl)cc1Cl)Cc1ccc(C(F)(F)F)cc1. The number of carbonyl (C=O) groups is 1. The minimum atomic E-state index is -4.41. The summed E-state index contributed by atoms with van der Waals surface area (Å²) in [4.78, 5) is 14.7. The van der Waals surface area contributed by atoms with Crippen molar-refractivity contribution in [3.8, 4) is 0 Å². The summed E-state index contributed by atoms with van der Waals surface area (Å²) >= 11 is 12.2. The summed E-state index contributed by atoms with van der Waals surface area (Å²) < 4.78 is 38.7. The number of alkyl halides is 3. The summed E-state index contributed by atoms with van der Waals surface area (Å²) in [5, 5.41) is 3.95. The number of rotatable bonds is 6. The number of benzene rings is 3. The van der Waals surface area contributed by atoms with Gasteiger partial charge in [0.15, 0.2) is 0 Å². The van der Waals surface area contributed by atoms with Crippen molar-refractivity contribution in [1.82, 2.24) is 4.90 Å². The van der Waals surface area contributed by atoms with E-state index in [0.29, 0.717) is 34.3 Å². The highest BCUT2D eigenvalue weighted by atomic mass is 35.5. The van der Waals surface area contributed by atoms with Gasteiger partial charge < -0.3 is 10.2 Å². The molecule has 0 heterocycles. The molecule has 0 aromatic heterocycles. The maximum Gasteiger partial charge on any atom is 0.416 e. The molecule has 33 heavy (non-hydrogen) atoms. The van der Waals surface area contributed by atoms with Gasteiger partial charge >= 0.3 is 12.2 Å². The Hall–Kier alpha value is -2.70. The van der Waals surface area contributed by atoms with Crippen LogP contribution in [0.1, 0.15) is 27.8 Å². The van der Waals surface area contributed by atoms with Crippen LogP contribution >= 0.6 is 23.2 Å². The van der Waals surface area contributed by atoms with Crippen LogP contribution in [0, 0.1) is 13.8 Å². The van der Waals surface area contributed by atoms with E-state index in [4.69, 9.17) is 23.2 Å². The Morgan fingerprint density at radius 3 is 2.18 bits per heavy atom. The lowest BCUT2D eigenvalue weighted by Gasteiger charge is -2.25. The van der Waals surface area contributed by atoms with Gasteiger partial charge in [0.2, 0.25) is 0 Å². The number of urea groups is 1. The number of hydrogen-bond acceptors (Lipinski definition) is 1. The van der Waals surface area contributed by atoms with Gasteiger partial charge in [-0.25, -0.2) is 4.79 Å². The van der Waals surface area contributed by atoms with Gasteiger partial charge in [0, 0.05) is 28.8 Å². The number of hydrogen-bond donors (Lipinski definition) is 1. The Morgan fingerprint density at radius 2 is 1.61 bits per heavy atom. The Balaban J connectivity index is 1.82. The normalized spacial score (nSPS) is 11.4. The van der Waals surface area contributed by atoms with Gasteiger partial charge in [-0.15, -0.1) is 0 Å². The average molecular weight is 495 g/mol. The number of carbonyl (C=O) groups excluding carboxylic acids is 1. The summed E-state index contributed by atoms with van der Waals surface area (Å²) in [5.74, 6) is 0. The van der Waals surface area contributed by atoms with Crippen LogP contribution in [-0.2, 0) is 19.1 Å². The molecule has 3 aromatic rings. The van der Waals surface area contributed by atoms with Gasteiger partial charge in [-0.2, -0.15) is 13.2 Å². The molecule has 0 aliphatic carbocycles. The van der Waals surface area contributed by atoms with Crippen molar-refractivity contribution in [2.45, 2.75) is 33.0 Å². The zero-order chi connectivity index (χ0) is 24.2. The third-order valence-corrected chi connectivity index (χ3v) is 5.91. The topological polar surface area (TPSA) is 32.3 Å². The van der Waals surface area contributed by atoms with Crippen LogP contribution in [0.4, 0.5) is 23.7 Å². The Bertz CT molecular complexity index is 1110. The van der Waals surface area contributed by atoms with Gasteiger partial charge in [-0.3, -0.25) is 0 Å². The second kappa shape index (κ2) is 10.5. The van der Waals surface area contributed by atoms with E-state index in [-0.39, 0.29) is 12.6 Å². The van der Waals surface area contributed by atoms with Crippen LogP contribution in [0.5, 0.6) is 0 Å². The molecule has 0 aliphatic rings. The van der Waals surface area contributed by atoms with Crippen molar-refractivity contribution in [3.05, 3.63) is 98.5 Å². The summed E-state index contributed by atoms with van der Waals surface area (Å²) in [5.41, 5.74) is 3.22. The zero-order valence-electron chi connectivity index (χ0n) is 18.1. The lowest BCUT2D eigenvalue weighted by Crippen LogP contribution is -2.36. The molecular formula is C25H23Cl2F3N2O. The smallest absolute Gasteiger partial charge is 0.320 e. The van der Waals surface area contributed by atoms with E-state index >= 15 is 0 Å². The fourth-order valence-electron chi connectivity index (χ4n) is 3.45. The largest absolute Gasteiger partial charge is 0.416 e. The van der Waals surface area contributed by atoms with Crippen molar-refractivity contribution in [1.29, 1.82) is 0 Å². The van der Waals surface area contributed by atoms with Gasteiger partial charge in [-0.05, 0) is 66.8 Å². The Labute approximate surface area is 201 Å². The second-order valence-electron chi connectivity index (χ2n) is 7.80. The molecule has 0 radical (unpaired) electrons. The van der Waals surface area contributed by atoms with Crippen LogP contribution in [0.2, 0.25) is 10.0 Å². The van der Waals surface area contributed by atoms with Gasteiger partial charge in [0.25, 0.3) is 0 Å². The predicted octanol–water partition coefficient (Wildman–Crippen LogP) is 7.91. The second-order valence-corrected chi connectivity index (χ2v) is 8.64. The third-order valence-electron chi connectivity index (χ3n) is 5.32. The number of halogens is 5. The highest BCUT2D eigenvalue weighted by Crippen LogP contribution is 2.29. The van der Waals surface area contributed by atoms with Crippen LogP contribution in [0.15, 0.2) is 60.7 Å². The molecule has 1 N–H and O–H groups in total. The van der Waals surface area contributed by atoms with Gasteiger partial charge in [0.05, 0.1) is 5.56 Å². The molecular weight excluding hydrogens is 472 g/mol. The number of aryl methyl sites for hydroxylation is 2. The fourth-order valence-corrected chi connectivity index (χ4v) is 3.95. The van der Waals surface area contributed by atoms with Crippen molar-refractivity contribution in [2.75, 3.05) is 11.9 Å². The molecule has 0 atom stereocenters. The van der Waals surface area contributed by atoms with Crippen molar-refractivity contribution in [2.24, 2.45) is 0 Å². The standard InChI is InChI=1S/C25H23Cl2F3N2O/c1-16-4-3-5-17(2)23(16)31-24(33)32(13-12-19-8-11-21(26)14-22(19)27)15-18-6-9-20(10-7-18)25(28,29)30/h3-11,14H,12-13,15H2,1-2H3,(H,31,33). The van der Waals surface area contributed by atoms with Crippen LogP contribution < -0.4 is 5.32 Å². The first kappa shape index (κ1) is 24.9. The molecule has 0 unspecified atom stereocenters. The predicted molar refractivity (Wildman–Crippen MR) is 127 cm³/mol. The van der Waals surface area contributed by atoms with E-state index in [0.717, 1.165) is 28.8 Å². The average Bonchev–Trinajstić information content (AvgIpc) is 2.74. The van der Waals surface area contributed by atoms with E-state index in [1.807, 2.05) is 32.0 Å². The summed E-state index contributed by atoms with van der Waals surface area (Å²) in [6.45, 7) is 4.24. The molecule has 3 rings (SSSR count). The van der Waals surface area contributed by atoms with Gasteiger partial charge in [0.1, 0.15) is 0 Å². The first-order valence-corrected chi connectivity index (χ1v) is 11.0. The van der Waals surface area contributed by atoms with Crippen LogP contribution in [0.3, 0.4) is 0 Å². The minimum absolute atomic E-state index is 0.139. The molecule has 3 nitrogen and oxygen atoms in total. The van der Waals surface area contributed by atoms with E-state index in [2.05, 4.69) is 5.32 Å². The third kappa shape index (κ3) is 6.65. The van der Waals surface area contributed by atoms with Crippen LogP contribution in [0.25, 0.3) is 0 Å². The molecule has 0 aliphatic heterocycles. The number of anilines is 1. The van der Waals surface area contributed by atoms with Crippen molar-refractivity contribution in [3.63, 3.8) is 0 Å². The lowest BCUT2D eigenvalue weighted by molar-refractivity contribution is -0.137. The number of nitrogens with one attached hydrogen (secondary N) is 1. The van der Waals surface area contributed by atoms with E-state index in [9.17, 15) is 18.0 Å². The molecule has 0 fully saturated rings. The van der Waals surface area contributed by atoms with Crippen molar-refractivity contribution < 1.29 is 18.0 Å². The molecule has 174 valence electrons. The minimum Gasteiger partial charge on any atom is -0.320 e. The molecule has 2 amide bonds. The first-order valence-electron chi connectivity index (χ1n) is 10.3. The van der Waals surface area contributed by atoms with E-state index in [1.165, 1.54) is 12.1 Å². The highest BCUT2D eigenvalue weighted by Gasteiger charge is 2.30. The molecule has 8 heteroatoms. The quantitative estimate of drug-likeness (QED) is 0.370. The summed E-state index contributed by atoms with van der Waals surface area (Å²) in [7, 11) is 0. The lowest BCUT2D eigenvalue weighted by atomic mass is 10.1. The Kier molecular flexibility index (Phi) is 7.92. The molecule has 0 bridgehead atoms. The molecule has 0 saturated heterocycles. The highest BCUT2D eigenvalue weighted by molar-refractivity contribution is 6.35. The van der Waals surface area contributed by atoms with E-state index < -0.39 is 11.7 Å². The Morgan fingerprint density at radius 1 is 0.970 bits per heavy atom.